The Labute approximate surface area is 213 Å². The Balaban J connectivity index is 1.57. The van der Waals surface area contributed by atoms with Gasteiger partial charge in [0.1, 0.15) is 23.1 Å². The number of hydrogen-bond donors (Lipinski definition) is 3. The molecule has 1 saturated heterocycles. The molecule has 0 saturated carbocycles. The third-order valence-corrected chi connectivity index (χ3v) is 7.44. The molecular formula is C27H28ClFN4O3. The highest BCUT2D eigenvalue weighted by Crippen LogP contribution is 2.49. The molecule has 0 aliphatic carbocycles. The highest BCUT2D eigenvalue weighted by Gasteiger charge is 2.60. The quantitative estimate of drug-likeness (QED) is 0.229. The minimum absolute atomic E-state index is 0.00908. The highest BCUT2D eigenvalue weighted by molar-refractivity contribution is 6.31. The minimum atomic E-state index is -1.15. The van der Waals surface area contributed by atoms with Gasteiger partial charge in [0.2, 0.25) is 0 Å². The number of phenolic OH excluding ortho intramolecular Hbond substituents is 1. The number of halogens is 2. The summed E-state index contributed by atoms with van der Waals surface area (Å²) in [7, 11) is 0. The van der Waals surface area contributed by atoms with Crippen LogP contribution in [0, 0.1) is 5.82 Å². The van der Waals surface area contributed by atoms with Crippen LogP contribution in [0.15, 0.2) is 49.1 Å². The number of hydrogen-bond acceptors (Lipinski definition) is 4. The molecule has 2 aromatic carbocycles. The predicted octanol–water partition coefficient (Wildman–Crippen LogP) is 4.89. The van der Waals surface area contributed by atoms with Crippen LogP contribution in [0.4, 0.5) is 9.18 Å². The number of aromatic amines is 1. The summed E-state index contributed by atoms with van der Waals surface area (Å²) < 4.78 is 14.3. The van der Waals surface area contributed by atoms with Crippen molar-refractivity contribution in [1.29, 1.82) is 0 Å². The average Bonchev–Trinajstić information content (AvgIpc) is 3.26. The molecule has 2 atom stereocenters. The second-order valence-corrected chi connectivity index (χ2v) is 9.97. The average molecular weight is 511 g/mol. The van der Waals surface area contributed by atoms with Crippen molar-refractivity contribution in [2.75, 3.05) is 19.6 Å². The first-order valence-electron chi connectivity index (χ1n) is 12.0. The molecule has 2 aliphatic heterocycles. The van der Waals surface area contributed by atoms with Gasteiger partial charge in [0.15, 0.2) is 0 Å². The summed E-state index contributed by atoms with van der Waals surface area (Å²) >= 11 is 6.11. The molecule has 0 radical (unpaired) electrons. The lowest BCUT2D eigenvalue weighted by Gasteiger charge is -2.42. The summed E-state index contributed by atoms with van der Waals surface area (Å²) in [6, 6.07) is 8.49. The van der Waals surface area contributed by atoms with Crippen molar-refractivity contribution in [2.45, 2.75) is 37.8 Å². The Kier molecular flexibility index (Phi) is 6.26. The van der Waals surface area contributed by atoms with Crippen LogP contribution in [0.25, 0.3) is 10.9 Å². The number of rotatable bonds is 8. The zero-order chi connectivity index (χ0) is 25.6. The van der Waals surface area contributed by atoms with Crippen LogP contribution in [-0.2, 0) is 11.2 Å². The van der Waals surface area contributed by atoms with Crippen LogP contribution < -0.4 is 5.32 Å². The van der Waals surface area contributed by atoms with Crippen molar-refractivity contribution < 1.29 is 19.1 Å². The molecule has 0 spiro atoms. The molecule has 1 aromatic heterocycles. The van der Waals surface area contributed by atoms with E-state index in [1.165, 1.54) is 11.0 Å². The maximum Gasteiger partial charge on any atom is 0.328 e. The first-order chi connectivity index (χ1) is 17.3. The summed E-state index contributed by atoms with van der Waals surface area (Å²) in [5.74, 6) is -0.771. The maximum absolute atomic E-state index is 14.3. The number of imide groups is 1. The zero-order valence-electron chi connectivity index (χ0n) is 20.0. The number of benzene rings is 2. The fourth-order valence-electron chi connectivity index (χ4n) is 5.44. The lowest BCUT2D eigenvalue weighted by molar-refractivity contribution is -0.133. The Morgan fingerprint density at radius 1 is 1.31 bits per heavy atom. The zero-order valence-corrected chi connectivity index (χ0v) is 20.7. The van der Waals surface area contributed by atoms with Crippen molar-refractivity contribution in [2.24, 2.45) is 0 Å². The third kappa shape index (κ3) is 3.85. The lowest BCUT2D eigenvalue weighted by atomic mass is 9.81. The number of amides is 3. The van der Waals surface area contributed by atoms with E-state index in [4.69, 9.17) is 11.6 Å². The van der Waals surface area contributed by atoms with Crippen LogP contribution in [0.2, 0.25) is 5.02 Å². The molecule has 36 heavy (non-hydrogen) atoms. The van der Waals surface area contributed by atoms with E-state index in [9.17, 15) is 19.1 Å². The molecule has 3 N–H and O–H groups in total. The summed E-state index contributed by atoms with van der Waals surface area (Å²) in [6.45, 7) is 7.24. The van der Waals surface area contributed by atoms with Gasteiger partial charge in [-0.25, -0.2) is 9.18 Å². The van der Waals surface area contributed by atoms with E-state index in [-0.39, 0.29) is 29.1 Å². The Morgan fingerprint density at radius 2 is 2.11 bits per heavy atom. The Bertz CT molecular complexity index is 1370. The number of phenols is 1. The number of H-pyrrole nitrogens is 1. The second kappa shape index (κ2) is 9.26. The van der Waals surface area contributed by atoms with Gasteiger partial charge < -0.3 is 15.4 Å². The van der Waals surface area contributed by atoms with Gasteiger partial charge in [-0.1, -0.05) is 29.8 Å². The fraction of sp³-hybridized carbons (Fsp3) is 0.333. The largest absolute Gasteiger partial charge is 0.508 e. The maximum atomic E-state index is 14.3. The van der Waals surface area contributed by atoms with Gasteiger partial charge in [-0.3, -0.25) is 14.6 Å². The van der Waals surface area contributed by atoms with E-state index in [2.05, 4.69) is 16.9 Å². The topological polar surface area (TPSA) is 88.7 Å². The van der Waals surface area contributed by atoms with E-state index in [0.717, 1.165) is 18.5 Å². The molecular weight excluding hydrogens is 483 g/mol. The highest BCUT2D eigenvalue weighted by atomic mass is 35.5. The smallest absolute Gasteiger partial charge is 0.328 e. The molecule has 9 heteroatoms. The van der Waals surface area contributed by atoms with Crippen LogP contribution in [0.3, 0.4) is 0 Å². The van der Waals surface area contributed by atoms with Crippen LogP contribution in [0.5, 0.6) is 5.75 Å². The fourth-order valence-corrected chi connectivity index (χ4v) is 5.60. The number of carbonyl (C=O) groups is 2. The van der Waals surface area contributed by atoms with Gasteiger partial charge in [0.25, 0.3) is 5.91 Å². The van der Waals surface area contributed by atoms with E-state index in [1.807, 2.05) is 12.1 Å². The van der Waals surface area contributed by atoms with Crippen molar-refractivity contribution in [3.8, 4) is 5.75 Å². The second-order valence-electron chi connectivity index (χ2n) is 9.57. The van der Waals surface area contributed by atoms with Crippen molar-refractivity contribution >= 4 is 34.4 Å². The summed E-state index contributed by atoms with van der Waals surface area (Å²) in [5.41, 5.74) is 1.54. The Morgan fingerprint density at radius 3 is 2.86 bits per heavy atom. The molecule has 5 rings (SSSR count). The van der Waals surface area contributed by atoms with Gasteiger partial charge in [0, 0.05) is 29.6 Å². The van der Waals surface area contributed by atoms with Gasteiger partial charge in [-0.15, -0.1) is 6.58 Å². The number of fused-ring (bicyclic) bond motifs is 4. The molecule has 0 unspecified atom stereocenters. The van der Waals surface area contributed by atoms with E-state index in [1.54, 1.807) is 36.1 Å². The van der Waals surface area contributed by atoms with Gasteiger partial charge in [-0.05, 0) is 68.2 Å². The third-order valence-electron chi connectivity index (χ3n) is 7.15. The number of carbonyl (C=O) groups excluding carboxylic acids is 2. The normalized spacial score (nSPS) is 21.2. The van der Waals surface area contributed by atoms with Gasteiger partial charge in [-0.2, -0.15) is 0 Å². The van der Waals surface area contributed by atoms with Crippen molar-refractivity contribution in [1.82, 2.24) is 20.1 Å². The van der Waals surface area contributed by atoms with Crippen molar-refractivity contribution in [3.63, 3.8) is 0 Å². The first-order valence-corrected chi connectivity index (χ1v) is 12.4. The van der Waals surface area contributed by atoms with E-state index >= 15 is 0 Å². The van der Waals surface area contributed by atoms with Crippen LogP contribution >= 0.6 is 11.6 Å². The summed E-state index contributed by atoms with van der Waals surface area (Å²) in [4.78, 5) is 33.7. The number of urea groups is 1. The molecule has 1 fully saturated rings. The summed E-state index contributed by atoms with van der Waals surface area (Å²) in [6.07, 6.45) is 3.57. The molecule has 3 heterocycles. The SMILES string of the molecule is C=CCCNCCCN1C(=O)N2[C@H](c3cccc(O)c3)c3[nH]c4cc(F)c(Cl)cc4c3C[C@@]2(C)C1=O. The molecule has 188 valence electrons. The molecule has 0 bridgehead atoms. The van der Waals surface area contributed by atoms with E-state index < -0.39 is 17.4 Å². The molecule has 7 nitrogen and oxygen atoms in total. The Hall–Kier alpha value is -3.36. The number of aromatic nitrogens is 1. The van der Waals surface area contributed by atoms with Gasteiger partial charge in [0.05, 0.1) is 5.02 Å². The standard InChI is InChI=1S/C27H28ClFN4O3/c1-3-4-9-30-10-6-11-32-25(35)27(2)15-19-18-13-20(28)21(29)14-22(18)31-23(19)24(33(27)26(32)36)16-7-5-8-17(34)12-16/h3,5,7-8,12-14,24,30-31,34H,1,4,6,9-11,15H2,2H3/t24-,27+/m1/s1. The molecule has 3 aromatic rings. The number of nitrogens with zero attached hydrogens (tertiary/aromatic N) is 2. The van der Waals surface area contributed by atoms with Gasteiger partial charge >= 0.3 is 6.03 Å². The van der Waals surface area contributed by atoms with Crippen LogP contribution in [0.1, 0.15) is 42.6 Å². The molecule has 2 aliphatic rings. The lowest BCUT2D eigenvalue weighted by Crippen LogP contribution is -2.53. The minimum Gasteiger partial charge on any atom is -0.508 e. The van der Waals surface area contributed by atoms with Crippen molar-refractivity contribution in [3.05, 3.63) is 76.7 Å². The number of aromatic hydroxyl groups is 1. The monoisotopic (exact) mass is 510 g/mol. The number of nitrogens with one attached hydrogen (secondary N) is 2. The van der Waals surface area contributed by atoms with E-state index in [0.29, 0.717) is 41.7 Å². The predicted molar refractivity (Wildman–Crippen MR) is 137 cm³/mol. The first kappa shape index (κ1) is 24.3. The summed E-state index contributed by atoms with van der Waals surface area (Å²) in [5, 5.41) is 14.2. The van der Waals surface area contributed by atoms with Crippen LogP contribution in [-0.4, -0.2) is 57.0 Å². The molecule has 3 amide bonds.